The fourth-order valence-corrected chi connectivity index (χ4v) is 5.61. The Morgan fingerprint density at radius 1 is 1.44 bits per heavy atom. The number of fused-ring (bicyclic) bond motifs is 3. The van der Waals surface area contributed by atoms with Crippen molar-refractivity contribution in [2.75, 3.05) is 26.4 Å². The van der Waals surface area contributed by atoms with E-state index in [9.17, 15) is 4.79 Å². The molecule has 1 saturated carbocycles. The highest BCUT2D eigenvalue weighted by Crippen LogP contribution is 2.53. The van der Waals surface area contributed by atoms with E-state index in [1.807, 2.05) is 0 Å². The highest BCUT2D eigenvalue weighted by atomic mass is 32.2. The molecule has 5 atom stereocenters. The number of nitrogens with one attached hydrogen (secondary N) is 2. The Hall–Kier alpha value is -0.300. The first-order valence-corrected chi connectivity index (χ1v) is 7.65. The molecule has 4 unspecified atom stereocenters. The van der Waals surface area contributed by atoms with Crippen LogP contribution in [0.15, 0.2) is 0 Å². The van der Waals surface area contributed by atoms with Crippen molar-refractivity contribution in [2.24, 2.45) is 23.5 Å². The average molecular weight is 271 g/mol. The van der Waals surface area contributed by atoms with Crippen LogP contribution < -0.4 is 16.4 Å². The predicted molar refractivity (Wildman–Crippen MR) is 70.9 cm³/mol. The molecule has 3 aliphatic rings. The molecule has 2 heterocycles. The lowest BCUT2D eigenvalue weighted by molar-refractivity contribution is -0.123. The van der Waals surface area contributed by atoms with Gasteiger partial charge in [-0.25, -0.2) is 0 Å². The van der Waals surface area contributed by atoms with Crippen molar-refractivity contribution in [1.82, 2.24) is 10.6 Å². The highest BCUT2D eigenvalue weighted by molar-refractivity contribution is 8.00. The van der Waals surface area contributed by atoms with Gasteiger partial charge in [0.05, 0.1) is 12.0 Å². The summed E-state index contributed by atoms with van der Waals surface area (Å²) in [4.78, 5) is 10.7. The Labute approximate surface area is 112 Å². The summed E-state index contributed by atoms with van der Waals surface area (Å²) in [6, 6.07) is 0. The maximum Gasteiger partial charge on any atom is 0.243 e. The van der Waals surface area contributed by atoms with Crippen LogP contribution in [0.3, 0.4) is 0 Å². The van der Waals surface area contributed by atoms with Gasteiger partial charge in [-0.05, 0) is 24.7 Å². The fraction of sp³-hybridized carbons (Fsp3) is 0.917. The third-order valence-electron chi connectivity index (χ3n) is 4.38. The van der Waals surface area contributed by atoms with E-state index in [2.05, 4.69) is 22.4 Å². The zero-order chi connectivity index (χ0) is 12.5. The number of rotatable bonds is 4. The molecule has 0 spiro atoms. The van der Waals surface area contributed by atoms with Gasteiger partial charge < -0.3 is 15.8 Å². The van der Waals surface area contributed by atoms with Crippen molar-refractivity contribution in [2.45, 2.75) is 23.5 Å². The van der Waals surface area contributed by atoms with Gasteiger partial charge in [0.15, 0.2) is 0 Å². The molecule has 5 nitrogen and oxygen atoms in total. The first-order valence-electron chi connectivity index (χ1n) is 6.71. The van der Waals surface area contributed by atoms with Crippen LogP contribution in [0.5, 0.6) is 0 Å². The molecule has 102 valence electrons. The van der Waals surface area contributed by atoms with E-state index >= 15 is 0 Å². The Kier molecular flexibility index (Phi) is 3.79. The molecule has 1 aliphatic carbocycles. The topological polar surface area (TPSA) is 76.4 Å². The maximum atomic E-state index is 10.7. The third-order valence-corrected chi connectivity index (χ3v) is 6.09. The van der Waals surface area contributed by atoms with Crippen molar-refractivity contribution in [3.63, 3.8) is 0 Å². The Morgan fingerprint density at radius 2 is 2.33 bits per heavy atom. The minimum absolute atomic E-state index is 0.0611. The van der Waals surface area contributed by atoms with Crippen molar-refractivity contribution >= 4 is 17.7 Å². The maximum absolute atomic E-state index is 10.7. The molecule has 0 aromatic heterocycles. The van der Waals surface area contributed by atoms with E-state index in [4.69, 9.17) is 10.5 Å². The molecule has 1 amide bonds. The molecule has 3 rings (SSSR count). The summed E-state index contributed by atoms with van der Waals surface area (Å²) in [5.74, 6) is 1.66. The van der Waals surface area contributed by atoms with E-state index in [1.165, 1.54) is 12.8 Å². The molecule has 0 bridgehead atoms. The van der Waals surface area contributed by atoms with E-state index in [1.54, 1.807) is 0 Å². The number of carbonyl (C=O) groups excluding carboxylic acids is 1. The molecule has 0 radical (unpaired) electrons. The van der Waals surface area contributed by atoms with Crippen LogP contribution in [0, 0.1) is 17.8 Å². The number of carbonyl (C=O) groups is 1. The quantitative estimate of drug-likeness (QED) is 0.656. The predicted octanol–water partition coefficient (Wildman–Crippen LogP) is -0.277. The SMILES string of the molecule is NC(=O)COC[C@H]1CCC2SC3NCNCC3C21. The fourth-order valence-electron chi connectivity index (χ4n) is 3.70. The number of hydrogen-bond donors (Lipinski definition) is 3. The number of thioether (sulfide) groups is 1. The molecular formula is C12H21N3O2S. The first kappa shape index (κ1) is 12.7. The van der Waals surface area contributed by atoms with Crippen LogP contribution in [0.25, 0.3) is 0 Å². The number of amides is 1. The summed E-state index contributed by atoms with van der Waals surface area (Å²) in [6.45, 7) is 2.79. The molecule has 2 saturated heterocycles. The van der Waals surface area contributed by atoms with E-state index in [-0.39, 0.29) is 12.5 Å². The molecule has 3 fully saturated rings. The first-order chi connectivity index (χ1) is 8.75. The molecule has 0 aromatic carbocycles. The zero-order valence-electron chi connectivity index (χ0n) is 10.4. The van der Waals surface area contributed by atoms with Gasteiger partial charge in [0.1, 0.15) is 6.61 Å². The van der Waals surface area contributed by atoms with Crippen molar-refractivity contribution in [3.8, 4) is 0 Å². The lowest BCUT2D eigenvalue weighted by Crippen LogP contribution is -2.50. The summed E-state index contributed by atoms with van der Waals surface area (Å²) in [5, 5.41) is 8.35. The number of hydrogen-bond acceptors (Lipinski definition) is 5. The minimum Gasteiger partial charge on any atom is -0.371 e. The van der Waals surface area contributed by atoms with Crippen LogP contribution in [0.4, 0.5) is 0 Å². The molecule has 6 heteroatoms. The smallest absolute Gasteiger partial charge is 0.243 e. The highest BCUT2D eigenvalue weighted by Gasteiger charge is 2.51. The normalized spacial score (nSPS) is 42.6. The summed E-state index contributed by atoms with van der Waals surface area (Å²) in [7, 11) is 0. The second-order valence-electron chi connectivity index (χ2n) is 5.49. The summed E-state index contributed by atoms with van der Waals surface area (Å²) < 4.78 is 5.44. The second-order valence-corrected chi connectivity index (χ2v) is 6.88. The average Bonchev–Trinajstić information content (AvgIpc) is 2.88. The monoisotopic (exact) mass is 271 g/mol. The standard InChI is InChI=1S/C12H21N3O2S/c13-10(16)5-17-4-7-1-2-9-11(7)8-3-14-6-15-12(8)18-9/h7-9,11-12,14-15H,1-6H2,(H2,13,16)/t7-,8?,9?,11?,12?/m1/s1. The third kappa shape index (κ3) is 2.39. The number of primary amides is 1. The van der Waals surface area contributed by atoms with Gasteiger partial charge in [-0.1, -0.05) is 0 Å². The summed E-state index contributed by atoms with van der Waals surface area (Å²) in [6.07, 6.45) is 2.51. The number of nitrogens with two attached hydrogens (primary N) is 1. The molecule has 0 aromatic rings. The van der Waals surface area contributed by atoms with Gasteiger partial charge in [-0.15, -0.1) is 11.8 Å². The molecule has 2 aliphatic heterocycles. The zero-order valence-corrected chi connectivity index (χ0v) is 11.2. The van der Waals surface area contributed by atoms with Gasteiger partial charge in [-0.3, -0.25) is 10.1 Å². The lowest BCUT2D eigenvalue weighted by atomic mass is 9.83. The number of ether oxygens (including phenoxy) is 1. The summed E-state index contributed by atoms with van der Waals surface area (Å²) in [5.41, 5.74) is 5.10. The van der Waals surface area contributed by atoms with Crippen LogP contribution in [0.2, 0.25) is 0 Å². The van der Waals surface area contributed by atoms with Crippen molar-refractivity contribution in [1.29, 1.82) is 0 Å². The van der Waals surface area contributed by atoms with E-state index in [0.29, 0.717) is 23.8 Å². The van der Waals surface area contributed by atoms with Crippen LogP contribution in [-0.2, 0) is 9.53 Å². The Bertz CT molecular complexity index is 328. The van der Waals surface area contributed by atoms with Crippen LogP contribution in [0.1, 0.15) is 12.8 Å². The van der Waals surface area contributed by atoms with Gasteiger partial charge in [-0.2, -0.15) is 0 Å². The van der Waals surface area contributed by atoms with Crippen molar-refractivity contribution < 1.29 is 9.53 Å². The Balaban J connectivity index is 1.58. The van der Waals surface area contributed by atoms with Gasteiger partial charge in [0.25, 0.3) is 0 Å². The second kappa shape index (κ2) is 5.36. The van der Waals surface area contributed by atoms with Gasteiger partial charge >= 0.3 is 0 Å². The van der Waals surface area contributed by atoms with Gasteiger partial charge in [0, 0.05) is 24.4 Å². The van der Waals surface area contributed by atoms with Crippen LogP contribution in [-0.4, -0.2) is 43.0 Å². The molecule has 18 heavy (non-hydrogen) atoms. The van der Waals surface area contributed by atoms with Crippen molar-refractivity contribution in [3.05, 3.63) is 0 Å². The van der Waals surface area contributed by atoms with Gasteiger partial charge in [0.2, 0.25) is 5.91 Å². The lowest BCUT2D eigenvalue weighted by Gasteiger charge is -2.32. The molecule has 4 N–H and O–H groups in total. The van der Waals surface area contributed by atoms with Crippen LogP contribution >= 0.6 is 11.8 Å². The largest absolute Gasteiger partial charge is 0.371 e. The Morgan fingerprint density at radius 3 is 3.17 bits per heavy atom. The molecular weight excluding hydrogens is 250 g/mol. The summed E-state index contributed by atoms with van der Waals surface area (Å²) >= 11 is 2.11. The minimum atomic E-state index is -0.371. The van der Waals surface area contributed by atoms with E-state index in [0.717, 1.165) is 24.4 Å². The van der Waals surface area contributed by atoms with E-state index < -0.39 is 0 Å².